The van der Waals surface area contributed by atoms with Gasteiger partial charge in [0.15, 0.2) is 0 Å². The molecule has 0 unspecified atom stereocenters. The predicted octanol–water partition coefficient (Wildman–Crippen LogP) is 2.86. The Morgan fingerprint density at radius 2 is 1.79 bits per heavy atom. The Morgan fingerprint density at radius 1 is 0.958 bits per heavy atom. The lowest BCUT2D eigenvalue weighted by molar-refractivity contribution is 0.261. The third kappa shape index (κ3) is 3.49. The molecule has 0 aromatic heterocycles. The van der Waals surface area contributed by atoms with Crippen molar-refractivity contribution in [2.45, 2.75) is 6.42 Å². The molecule has 0 saturated carbocycles. The first kappa shape index (κ1) is 15.3. The topological polar surface area (TPSA) is 27.7 Å². The molecule has 0 aliphatic carbocycles. The maximum atomic E-state index is 5.65. The standard InChI is InChI=1S/C20H25N3O/c1-2-4-18(5-3-1)23-13-11-22(12-14-23)10-8-17-6-7-20-19(16-17)21-9-15-24-20/h1-7,16,21H,8-15H2. The number of hydrogen-bond acceptors (Lipinski definition) is 4. The highest BCUT2D eigenvalue weighted by molar-refractivity contribution is 5.59. The summed E-state index contributed by atoms with van der Waals surface area (Å²) in [7, 11) is 0. The lowest BCUT2D eigenvalue weighted by atomic mass is 10.1. The highest BCUT2D eigenvalue weighted by Gasteiger charge is 2.17. The molecule has 4 nitrogen and oxygen atoms in total. The number of para-hydroxylation sites is 1. The van der Waals surface area contributed by atoms with E-state index in [0.717, 1.165) is 63.7 Å². The van der Waals surface area contributed by atoms with Gasteiger partial charge in [0.2, 0.25) is 0 Å². The van der Waals surface area contributed by atoms with Crippen LogP contribution in [0.1, 0.15) is 5.56 Å². The molecule has 0 atom stereocenters. The molecule has 0 amide bonds. The van der Waals surface area contributed by atoms with Crippen molar-refractivity contribution in [2.75, 3.05) is 56.1 Å². The first-order valence-corrected chi connectivity index (χ1v) is 8.90. The molecule has 126 valence electrons. The number of rotatable bonds is 4. The fourth-order valence-corrected chi connectivity index (χ4v) is 3.50. The van der Waals surface area contributed by atoms with E-state index in [1.807, 2.05) is 0 Å². The Kier molecular flexibility index (Phi) is 4.56. The van der Waals surface area contributed by atoms with Gasteiger partial charge in [-0.25, -0.2) is 0 Å². The fourth-order valence-electron chi connectivity index (χ4n) is 3.50. The van der Waals surface area contributed by atoms with E-state index in [1.54, 1.807) is 0 Å². The zero-order valence-electron chi connectivity index (χ0n) is 14.1. The average molecular weight is 323 g/mol. The zero-order chi connectivity index (χ0) is 16.2. The molecule has 0 spiro atoms. The van der Waals surface area contributed by atoms with Crippen LogP contribution >= 0.6 is 0 Å². The first-order valence-electron chi connectivity index (χ1n) is 8.90. The fraction of sp³-hybridized carbons (Fsp3) is 0.400. The largest absolute Gasteiger partial charge is 0.490 e. The van der Waals surface area contributed by atoms with Crippen LogP contribution in [0.4, 0.5) is 11.4 Å². The Balaban J connectivity index is 1.28. The van der Waals surface area contributed by atoms with Crippen molar-refractivity contribution in [3.05, 3.63) is 54.1 Å². The maximum absolute atomic E-state index is 5.65. The van der Waals surface area contributed by atoms with Crippen molar-refractivity contribution in [3.63, 3.8) is 0 Å². The monoisotopic (exact) mass is 323 g/mol. The van der Waals surface area contributed by atoms with E-state index < -0.39 is 0 Å². The van der Waals surface area contributed by atoms with Gasteiger partial charge >= 0.3 is 0 Å². The molecule has 0 radical (unpaired) electrons. The van der Waals surface area contributed by atoms with Crippen LogP contribution in [-0.2, 0) is 6.42 Å². The van der Waals surface area contributed by atoms with Crippen molar-refractivity contribution in [1.82, 2.24) is 4.90 Å². The molecular formula is C20H25N3O. The number of ether oxygens (including phenoxy) is 1. The minimum absolute atomic E-state index is 0.762. The average Bonchev–Trinajstić information content (AvgIpc) is 2.67. The number of piperazine rings is 1. The number of nitrogens with one attached hydrogen (secondary N) is 1. The second-order valence-corrected chi connectivity index (χ2v) is 6.52. The summed E-state index contributed by atoms with van der Waals surface area (Å²) in [5.74, 6) is 0.987. The second-order valence-electron chi connectivity index (χ2n) is 6.52. The summed E-state index contributed by atoms with van der Waals surface area (Å²) >= 11 is 0. The first-order chi connectivity index (χ1) is 11.9. The second kappa shape index (κ2) is 7.14. The van der Waals surface area contributed by atoms with E-state index in [0.29, 0.717) is 0 Å². The van der Waals surface area contributed by atoms with Gasteiger partial charge in [-0.15, -0.1) is 0 Å². The van der Waals surface area contributed by atoms with Gasteiger partial charge in [0.05, 0.1) is 5.69 Å². The van der Waals surface area contributed by atoms with Gasteiger partial charge in [0.1, 0.15) is 12.4 Å². The molecule has 2 heterocycles. The Bertz CT molecular complexity index is 666. The third-order valence-corrected chi connectivity index (χ3v) is 4.93. The summed E-state index contributed by atoms with van der Waals surface area (Å²) < 4.78 is 5.65. The number of anilines is 2. The van der Waals surface area contributed by atoms with Crippen molar-refractivity contribution >= 4 is 11.4 Å². The van der Waals surface area contributed by atoms with Crippen molar-refractivity contribution in [1.29, 1.82) is 0 Å². The van der Waals surface area contributed by atoms with Crippen LogP contribution in [0.3, 0.4) is 0 Å². The third-order valence-electron chi connectivity index (χ3n) is 4.93. The van der Waals surface area contributed by atoms with Gasteiger partial charge in [-0.3, -0.25) is 4.90 Å². The SMILES string of the molecule is c1ccc(N2CCN(CCc3ccc4c(c3)NCCO4)CC2)cc1. The smallest absolute Gasteiger partial charge is 0.142 e. The molecule has 0 bridgehead atoms. The van der Waals surface area contributed by atoms with Gasteiger partial charge in [-0.2, -0.15) is 0 Å². The number of benzene rings is 2. The van der Waals surface area contributed by atoms with E-state index in [-0.39, 0.29) is 0 Å². The Labute approximate surface area is 144 Å². The normalized spacial score (nSPS) is 17.8. The summed E-state index contributed by atoms with van der Waals surface area (Å²) in [6.07, 6.45) is 1.10. The quantitative estimate of drug-likeness (QED) is 0.936. The molecule has 2 aliphatic rings. The van der Waals surface area contributed by atoms with Gasteiger partial charge < -0.3 is 15.0 Å². The van der Waals surface area contributed by atoms with Crippen molar-refractivity contribution < 1.29 is 4.74 Å². The zero-order valence-corrected chi connectivity index (χ0v) is 14.1. The minimum Gasteiger partial charge on any atom is -0.490 e. The molecule has 1 saturated heterocycles. The van der Waals surface area contributed by atoms with Gasteiger partial charge in [-0.1, -0.05) is 24.3 Å². The van der Waals surface area contributed by atoms with E-state index >= 15 is 0 Å². The number of nitrogens with zero attached hydrogens (tertiary/aromatic N) is 2. The van der Waals surface area contributed by atoms with Crippen LogP contribution in [0.25, 0.3) is 0 Å². The Hall–Kier alpha value is -2.20. The summed E-state index contributed by atoms with van der Waals surface area (Å²) in [4.78, 5) is 5.06. The van der Waals surface area contributed by atoms with Crippen LogP contribution < -0.4 is 15.0 Å². The number of fused-ring (bicyclic) bond motifs is 1. The van der Waals surface area contributed by atoms with E-state index in [1.165, 1.54) is 11.3 Å². The molecule has 2 aromatic carbocycles. The maximum Gasteiger partial charge on any atom is 0.142 e. The molecular weight excluding hydrogens is 298 g/mol. The molecule has 1 fully saturated rings. The van der Waals surface area contributed by atoms with E-state index in [2.05, 4.69) is 63.6 Å². The van der Waals surface area contributed by atoms with Gasteiger partial charge in [0.25, 0.3) is 0 Å². The molecule has 1 N–H and O–H groups in total. The van der Waals surface area contributed by atoms with E-state index in [9.17, 15) is 0 Å². The van der Waals surface area contributed by atoms with E-state index in [4.69, 9.17) is 4.74 Å². The lowest BCUT2D eigenvalue weighted by Crippen LogP contribution is -2.46. The molecule has 4 heteroatoms. The van der Waals surface area contributed by atoms with Crippen LogP contribution in [0.2, 0.25) is 0 Å². The van der Waals surface area contributed by atoms with Crippen LogP contribution in [0.15, 0.2) is 48.5 Å². The Morgan fingerprint density at radius 3 is 2.62 bits per heavy atom. The highest BCUT2D eigenvalue weighted by Crippen LogP contribution is 2.28. The van der Waals surface area contributed by atoms with Crippen molar-refractivity contribution in [2.24, 2.45) is 0 Å². The lowest BCUT2D eigenvalue weighted by Gasteiger charge is -2.36. The molecule has 2 aliphatic heterocycles. The summed E-state index contributed by atoms with van der Waals surface area (Å²) in [5.41, 5.74) is 3.88. The molecule has 2 aromatic rings. The molecule has 24 heavy (non-hydrogen) atoms. The highest BCUT2D eigenvalue weighted by atomic mass is 16.5. The summed E-state index contributed by atoms with van der Waals surface area (Å²) in [6.45, 7) is 7.30. The number of hydrogen-bond donors (Lipinski definition) is 1. The van der Waals surface area contributed by atoms with Crippen LogP contribution in [0, 0.1) is 0 Å². The van der Waals surface area contributed by atoms with Gasteiger partial charge in [-0.05, 0) is 36.2 Å². The summed E-state index contributed by atoms with van der Waals surface area (Å²) in [6, 6.07) is 17.3. The van der Waals surface area contributed by atoms with Crippen molar-refractivity contribution in [3.8, 4) is 5.75 Å². The summed E-state index contributed by atoms with van der Waals surface area (Å²) in [5, 5.41) is 3.42. The van der Waals surface area contributed by atoms with Crippen LogP contribution in [-0.4, -0.2) is 50.8 Å². The minimum atomic E-state index is 0.762. The van der Waals surface area contributed by atoms with Crippen LogP contribution in [0.5, 0.6) is 5.75 Å². The predicted molar refractivity (Wildman–Crippen MR) is 99.2 cm³/mol. The molecule has 4 rings (SSSR count). The van der Waals surface area contributed by atoms with Gasteiger partial charge in [0, 0.05) is 45.0 Å².